The van der Waals surface area contributed by atoms with Gasteiger partial charge in [-0.3, -0.25) is 4.99 Å². The fourth-order valence-electron chi connectivity index (χ4n) is 2.33. The van der Waals surface area contributed by atoms with Crippen LogP contribution in [0.15, 0.2) is 47.7 Å². The molecular weight excluding hydrogens is 431 g/mol. The minimum absolute atomic E-state index is 0. The summed E-state index contributed by atoms with van der Waals surface area (Å²) in [6.07, 6.45) is 4.09. The summed E-state index contributed by atoms with van der Waals surface area (Å²) in [7, 11) is 3.41. The molecule has 2 aromatic rings. The summed E-state index contributed by atoms with van der Waals surface area (Å²) in [6, 6.07) is 9.97. The molecule has 0 bridgehead atoms. The van der Waals surface area contributed by atoms with Crippen molar-refractivity contribution in [3.05, 3.63) is 48.3 Å². The first-order chi connectivity index (χ1) is 11.8. The van der Waals surface area contributed by atoms with Gasteiger partial charge in [0.2, 0.25) is 0 Å². The number of benzene rings is 1. The fourth-order valence-corrected chi connectivity index (χ4v) is 2.33. The van der Waals surface area contributed by atoms with E-state index in [1.165, 1.54) is 0 Å². The minimum atomic E-state index is 0. The van der Waals surface area contributed by atoms with Gasteiger partial charge in [0.1, 0.15) is 0 Å². The van der Waals surface area contributed by atoms with E-state index in [9.17, 15) is 0 Å². The molecule has 0 atom stereocenters. The normalized spacial score (nSPS) is 10.8. The first-order valence-electron chi connectivity index (χ1n) is 8.11. The van der Waals surface area contributed by atoms with Crippen LogP contribution in [-0.2, 0) is 13.1 Å². The van der Waals surface area contributed by atoms with E-state index in [-0.39, 0.29) is 24.0 Å². The van der Waals surface area contributed by atoms with Gasteiger partial charge in [-0.1, -0.05) is 6.07 Å². The second-order valence-corrected chi connectivity index (χ2v) is 5.19. The summed E-state index contributed by atoms with van der Waals surface area (Å²) >= 11 is 0. The largest absolute Gasteiger partial charge is 0.493 e. The zero-order chi connectivity index (χ0) is 17.2. The van der Waals surface area contributed by atoms with Crippen molar-refractivity contribution in [2.75, 3.05) is 27.3 Å². The minimum Gasteiger partial charge on any atom is -0.493 e. The lowest BCUT2D eigenvalue weighted by Gasteiger charge is -2.14. The van der Waals surface area contributed by atoms with Gasteiger partial charge >= 0.3 is 0 Å². The number of rotatable bonds is 8. The number of guanidine groups is 1. The molecule has 0 aliphatic heterocycles. The predicted octanol–water partition coefficient (Wildman–Crippen LogP) is 2.88. The summed E-state index contributed by atoms with van der Waals surface area (Å²) in [4.78, 5) is 4.24. The van der Waals surface area contributed by atoms with Crippen LogP contribution in [0, 0.1) is 0 Å². The molecule has 6 nitrogen and oxygen atoms in total. The van der Waals surface area contributed by atoms with E-state index in [2.05, 4.69) is 20.2 Å². The number of aliphatic imine (C=N–C) groups is 1. The van der Waals surface area contributed by atoms with E-state index in [1.807, 2.05) is 49.6 Å². The quantitative estimate of drug-likeness (QED) is 0.363. The van der Waals surface area contributed by atoms with Gasteiger partial charge in [-0.25, -0.2) is 0 Å². The van der Waals surface area contributed by atoms with Crippen molar-refractivity contribution in [2.24, 2.45) is 4.99 Å². The topological polar surface area (TPSA) is 59.8 Å². The van der Waals surface area contributed by atoms with Crippen LogP contribution in [0.1, 0.15) is 12.5 Å². The Balaban J connectivity index is 0.00000312. The molecule has 7 heteroatoms. The Morgan fingerprint density at radius 2 is 1.92 bits per heavy atom. The highest BCUT2D eigenvalue weighted by Crippen LogP contribution is 2.27. The SMILES string of the molecule is CCOc1cc(CNC(=NC)NCCn2cccc2)ccc1OC.I. The first-order valence-corrected chi connectivity index (χ1v) is 8.11. The van der Waals surface area contributed by atoms with Crippen LogP contribution in [0.3, 0.4) is 0 Å². The number of hydrogen-bond donors (Lipinski definition) is 2. The molecule has 25 heavy (non-hydrogen) atoms. The Kier molecular flexibility index (Phi) is 9.83. The van der Waals surface area contributed by atoms with Crippen molar-refractivity contribution in [3.63, 3.8) is 0 Å². The fraction of sp³-hybridized carbons (Fsp3) is 0.389. The van der Waals surface area contributed by atoms with Crippen LogP contribution in [0.5, 0.6) is 11.5 Å². The third kappa shape index (κ3) is 6.85. The summed E-state index contributed by atoms with van der Waals surface area (Å²) in [6.45, 7) is 4.93. The molecule has 0 aliphatic rings. The molecule has 0 amide bonds. The predicted molar refractivity (Wildman–Crippen MR) is 112 cm³/mol. The van der Waals surface area contributed by atoms with Gasteiger partial charge < -0.3 is 24.7 Å². The molecule has 1 aromatic carbocycles. The van der Waals surface area contributed by atoms with Gasteiger partial charge in [-0.05, 0) is 36.8 Å². The van der Waals surface area contributed by atoms with E-state index >= 15 is 0 Å². The lowest BCUT2D eigenvalue weighted by Crippen LogP contribution is -2.38. The Labute approximate surface area is 166 Å². The van der Waals surface area contributed by atoms with Crippen LogP contribution in [0.4, 0.5) is 0 Å². The molecule has 0 unspecified atom stereocenters. The maximum absolute atomic E-state index is 5.61. The second kappa shape index (κ2) is 11.6. The van der Waals surface area contributed by atoms with Gasteiger partial charge in [0.15, 0.2) is 17.5 Å². The summed E-state index contributed by atoms with van der Waals surface area (Å²) in [5.74, 6) is 2.28. The number of nitrogens with zero attached hydrogens (tertiary/aromatic N) is 2. The standard InChI is InChI=1S/C18H26N4O2.HI/c1-4-24-17-13-15(7-8-16(17)23-3)14-21-18(19-2)20-9-12-22-10-5-6-11-22;/h5-8,10-11,13H,4,9,12,14H2,1-3H3,(H2,19,20,21);1H. The van der Waals surface area contributed by atoms with Crippen LogP contribution >= 0.6 is 24.0 Å². The monoisotopic (exact) mass is 458 g/mol. The summed E-state index contributed by atoms with van der Waals surface area (Å²) in [5, 5.41) is 6.61. The third-order valence-electron chi connectivity index (χ3n) is 3.54. The van der Waals surface area contributed by atoms with Crippen LogP contribution in [-0.4, -0.2) is 37.8 Å². The van der Waals surface area contributed by atoms with Crippen LogP contribution in [0.2, 0.25) is 0 Å². The number of hydrogen-bond acceptors (Lipinski definition) is 3. The smallest absolute Gasteiger partial charge is 0.191 e. The lowest BCUT2D eigenvalue weighted by atomic mass is 10.2. The molecular formula is C18H27IN4O2. The number of nitrogens with one attached hydrogen (secondary N) is 2. The number of methoxy groups -OCH3 is 1. The number of halogens is 1. The van der Waals surface area contributed by atoms with Crippen molar-refractivity contribution >= 4 is 29.9 Å². The molecule has 138 valence electrons. The zero-order valence-corrected chi connectivity index (χ0v) is 17.3. The summed E-state index contributed by atoms with van der Waals surface area (Å²) in [5.41, 5.74) is 1.10. The zero-order valence-electron chi connectivity index (χ0n) is 15.0. The van der Waals surface area contributed by atoms with Crippen LogP contribution < -0.4 is 20.1 Å². The third-order valence-corrected chi connectivity index (χ3v) is 3.54. The number of ether oxygens (including phenoxy) is 2. The average Bonchev–Trinajstić information content (AvgIpc) is 3.12. The maximum Gasteiger partial charge on any atom is 0.191 e. The Morgan fingerprint density at radius 1 is 1.16 bits per heavy atom. The van der Waals surface area contributed by atoms with Gasteiger partial charge in [0.25, 0.3) is 0 Å². The molecule has 0 saturated heterocycles. The van der Waals surface area contributed by atoms with Gasteiger partial charge in [0.05, 0.1) is 13.7 Å². The van der Waals surface area contributed by atoms with E-state index in [0.29, 0.717) is 13.2 Å². The molecule has 0 spiro atoms. The van der Waals surface area contributed by atoms with Crippen molar-refractivity contribution < 1.29 is 9.47 Å². The Bertz CT molecular complexity index is 645. The molecule has 0 saturated carbocycles. The van der Waals surface area contributed by atoms with Crippen molar-refractivity contribution in [3.8, 4) is 11.5 Å². The molecule has 1 aromatic heterocycles. The molecule has 1 heterocycles. The van der Waals surface area contributed by atoms with E-state index in [1.54, 1.807) is 14.2 Å². The molecule has 2 rings (SSSR count). The second-order valence-electron chi connectivity index (χ2n) is 5.19. The van der Waals surface area contributed by atoms with Crippen molar-refractivity contribution in [1.29, 1.82) is 0 Å². The molecule has 0 aliphatic carbocycles. The van der Waals surface area contributed by atoms with E-state index in [4.69, 9.17) is 9.47 Å². The van der Waals surface area contributed by atoms with E-state index in [0.717, 1.165) is 36.1 Å². The Hall–Kier alpha value is -1.90. The molecule has 2 N–H and O–H groups in total. The van der Waals surface area contributed by atoms with Crippen molar-refractivity contribution in [2.45, 2.75) is 20.0 Å². The highest BCUT2D eigenvalue weighted by atomic mass is 127. The molecule has 0 radical (unpaired) electrons. The molecule has 0 fully saturated rings. The maximum atomic E-state index is 5.61. The highest BCUT2D eigenvalue weighted by molar-refractivity contribution is 14.0. The van der Waals surface area contributed by atoms with E-state index < -0.39 is 0 Å². The average molecular weight is 458 g/mol. The summed E-state index contributed by atoms with van der Waals surface area (Å²) < 4.78 is 13.0. The highest BCUT2D eigenvalue weighted by Gasteiger charge is 2.06. The number of aromatic nitrogens is 1. The van der Waals surface area contributed by atoms with Crippen LogP contribution in [0.25, 0.3) is 0 Å². The Morgan fingerprint density at radius 3 is 2.56 bits per heavy atom. The lowest BCUT2D eigenvalue weighted by molar-refractivity contribution is 0.310. The van der Waals surface area contributed by atoms with Gasteiger partial charge in [-0.15, -0.1) is 24.0 Å². The van der Waals surface area contributed by atoms with Gasteiger partial charge in [0, 0.05) is 39.1 Å². The first kappa shape index (κ1) is 21.1. The van der Waals surface area contributed by atoms with Gasteiger partial charge in [-0.2, -0.15) is 0 Å². The van der Waals surface area contributed by atoms with Crippen molar-refractivity contribution in [1.82, 2.24) is 15.2 Å².